The number of piperazine rings is 1. The fourth-order valence-electron chi connectivity index (χ4n) is 2.38. The minimum atomic E-state index is 0. The summed E-state index contributed by atoms with van der Waals surface area (Å²) >= 11 is 1.78. The van der Waals surface area contributed by atoms with Gasteiger partial charge in [0.1, 0.15) is 6.54 Å². The first-order chi connectivity index (χ1) is 11.1. The van der Waals surface area contributed by atoms with E-state index in [1.54, 1.807) is 30.3 Å². The Morgan fingerprint density at radius 1 is 1.33 bits per heavy atom. The Balaban J connectivity index is 0.00000288. The van der Waals surface area contributed by atoms with Crippen LogP contribution in [-0.4, -0.2) is 75.0 Å². The second-order valence-electron chi connectivity index (χ2n) is 5.78. The minimum Gasteiger partial charge on any atom is -0.360 e. The van der Waals surface area contributed by atoms with Gasteiger partial charge in [0.05, 0.1) is 5.00 Å². The second kappa shape index (κ2) is 10.8. The Bertz CT molecular complexity index is 513. The van der Waals surface area contributed by atoms with Crippen LogP contribution in [-0.2, 0) is 4.79 Å². The summed E-state index contributed by atoms with van der Waals surface area (Å²) in [6.07, 6.45) is 1.04. The zero-order valence-electron chi connectivity index (χ0n) is 14.7. The Morgan fingerprint density at radius 2 is 2.04 bits per heavy atom. The zero-order valence-corrected chi connectivity index (χ0v) is 17.8. The molecule has 1 aliphatic rings. The van der Waals surface area contributed by atoms with Crippen molar-refractivity contribution >= 4 is 52.2 Å². The first kappa shape index (κ1) is 21.0. The third-order valence-electron chi connectivity index (χ3n) is 3.79. The van der Waals surface area contributed by atoms with Crippen LogP contribution in [0, 0.1) is 0 Å². The summed E-state index contributed by atoms with van der Waals surface area (Å²) in [6, 6.07) is 4.26. The highest BCUT2D eigenvalue weighted by molar-refractivity contribution is 14.0. The predicted octanol–water partition coefficient (Wildman–Crippen LogP) is 1.93. The number of carbonyl (C=O) groups excluding carboxylic acids is 1. The van der Waals surface area contributed by atoms with Crippen molar-refractivity contribution < 1.29 is 4.79 Å². The Morgan fingerprint density at radius 3 is 2.58 bits per heavy atom. The van der Waals surface area contributed by atoms with Crippen molar-refractivity contribution in [3.63, 3.8) is 0 Å². The number of amides is 1. The van der Waals surface area contributed by atoms with Crippen LogP contribution in [0.3, 0.4) is 0 Å². The van der Waals surface area contributed by atoms with Gasteiger partial charge >= 0.3 is 0 Å². The fourth-order valence-corrected chi connectivity index (χ4v) is 3.16. The number of nitrogens with zero attached hydrogens (tertiary/aromatic N) is 4. The maximum Gasteiger partial charge on any atom is 0.243 e. The van der Waals surface area contributed by atoms with Crippen LogP contribution in [0.5, 0.6) is 0 Å². The number of aliphatic imine (C=N–C) groups is 1. The van der Waals surface area contributed by atoms with Crippen LogP contribution >= 0.6 is 35.3 Å². The van der Waals surface area contributed by atoms with Gasteiger partial charge in [-0.3, -0.25) is 4.79 Å². The highest BCUT2D eigenvalue weighted by atomic mass is 127. The number of thiophene rings is 1. The van der Waals surface area contributed by atoms with Crippen molar-refractivity contribution in [1.29, 1.82) is 0 Å². The van der Waals surface area contributed by atoms with Gasteiger partial charge in [-0.05, 0) is 23.9 Å². The standard InChI is InChI=1S/C16H27N5OS.HI/c1-4-7-17-16(18-13-14(22)19(2)3)21-10-8-20(9-11-21)15-6-5-12-23-15;/h5-6,12H,4,7-11,13H2,1-3H3,(H,17,18);1H. The van der Waals surface area contributed by atoms with Gasteiger partial charge in [-0.1, -0.05) is 6.92 Å². The van der Waals surface area contributed by atoms with E-state index in [0.29, 0.717) is 0 Å². The predicted molar refractivity (Wildman–Crippen MR) is 113 cm³/mol. The van der Waals surface area contributed by atoms with Gasteiger partial charge < -0.3 is 20.0 Å². The number of hydrogen-bond acceptors (Lipinski definition) is 4. The lowest BCUT2D eigenvalue weighted by molar-refractivity contribution is -0.127. The SMILES string of the molecule is CCCNC(=NCC(=O)N(C)C)N1CCN(c2cccs2)CC1.I. The molecule has 1 aromatic rings. The van der Waals surface area contributed by atoms with Crippen LogP contribution in [0.4, 0.5) is 5.00 Å². The van der Waals surface area contributed by atoms with Gasteiger partial charge in [0.25, 0.3) is 0 Å². The van der Waals surface area contributed by atoms with Crippen LogP contribution < -0.4 is 10.2 Å². The molecule has 2 rings (SSSR count). The first-order valence-electron chi connectivity index (χ1n) is 8.13. The van der Waals surface area contributed by atoms with Crippen molar-refractivity contribution in [2.75, 3.05) is 58.3 Å². The molecule has 6 nitrogen and oxygen atoms in total. The van der Waals surface area contributed by atoms with Crippen molar-refractivity contribution in [1.82, 2.24) is 15.1 Å². The molecule has 0 saturated carbocycles. The average Bonchev–Trinajstić information content (AvgIpc) is 3.09. The van der Waals surface area contributed by atoms with Crippen LogP contribution in [0.25, 0.3) is 0 Å². The lowest BCUT2D eigenvalue weighted by atomic mass is 10.3. The molecule has 1 amide bonds. The molecule has 24 heavy (non-hydrogen) atoms. The monoisotopic (exact) mass is 465 g/mol. The van der Waals surface area contributed by atoms with Crippen LogP contribution in [0.2, 0.25) is 0 Å². The third kappa shape index (κ3) is 6.12. The highest BCUT2D eigenvalue weighted by Gasteiger charge is 2.20. The number of carbonyl (C=O) groups is 1. The van der Waals surface area contributed by atoms with Gasteiger partial charge in [-0.25, -0.2) is 4.99 Å². The molecule has 8 heteroatoms. The summed E-state index contributed by atoms with van der Waals surface area (Å²) in [5.74, 6) is 0.880. The number of guanidine groups is 1. The highest BCUT2D eigenvalue weighted by Crippen LogP contribution is 2.22. The topological polar surface area (TPSA) is 51.2 Å². The Hall–Kier alpha value is -1.03. The van der Waals surface area contributed by atoms with E-state index in [-0.39, 0.29) is 36.4 Å². The maximum absolute atomic E-state index is 11.8. The summed E-state index contributed by atoms with van der Waals surface area (Å²) in [5, 5.41) is 6.81. The summed E-state index contributed by atoms with van der Waals surface area (Å²) in [4.78, 5) is 22.5. The van der Waals surface area contributed by atoms with Crippen LogP contribution in [0.15, 0.2) is 22.5 Å². The molecule has 1 N–H and O–H groups in total. The number of rotatable bonds is 5. The first-order valence-corrected chi connectivity index (χ1v) is 9.01. The largest absolute Gasteiger partial charge is 0.360 e. The van der Waals surface area contributed by atoms with Gasteiger partial charge in [0, 0.05) is 46.8 Å². The molecule has 0 spiro atoms. The maximum atomic E-state index is 11.8. The molecule has 136 valence electrons. The fraction of sp³-hybridized carbons (Fsp3) is 0.625. The van der Waals surface area contributed by atoms with Crippen LogP contribution in [0.1, 0.15) is 13.3 Å². The second-order valence-corrected chi connectivity index (χ2v) is 6.71. The van der Waals surface area contributed by atoms with E-state index >= 15 is 0 Å². The average molecular weight is 465 g/mol. The van der Waals surface area contributed by atoms with Crippen molar-refractivity contribution in [3.8, 4) is 0 Å². The van der Waals surface area contributed by atoms with E-state index in [2.05, 4.69) is 44.5 Å². The number of nitrogens with one attached hydrogen (secondary N) is 1. The molecule has 0 atom stereocenters. The summed E-state index contributed by atoms with van der Waals surface area (Å²) in [5.41, 5.74) is 0. The van der Waals surface area contributed by atoms with E-state index in [1.165, 1.54) is 5.00 Å². The van der Waals surface area contributed by atoms with Gasteiger partial charge in [0.2, 0.25) is 5.91 Å². The Kier molecular flexibility index (Phi) is 9.42. The summed E-state index contributed by atoms with van der Waals surface area (Å²) in [6.45, 7) is 7.01. The number of halogens is 1. The summed E-state index contributed by atoms with van der Waals surface area (Å²) < 4.78 is 0. The molecular weight excluding hydrogens is 437 g/mol. The molecule has 0 aliphatic carbocycles. The van der Waals surface area contributed by atoms with Crippen molar-refractivity contribution in [2.45, 2.75) is 13.3 Å². The minimum absolute atomic E-state index is 0. The molecule has 0 aromatic carbocycles. The van der Waals surface area contributed by atoms with E-state index in [9.17, 15) is 4.79 Å². The van der Waals surface area contributed by atoms with E-state index in [4.69, 9.17) is 0 Å². The molecule has 0 unspecified atom stereocenters. The quantitative estimate of drug-likeness (QED) is 0.410. The number of hydrogen-bond donors (Lipinski definition) is 1. The number of anilines is 1. The molecule has 1 aliphatic heterocycles. The Labute approximate surface area is 165 Å². The molecular formula is C16H28IN5OS. The van der Waals surface area contributed by atoms with Crippen molar-refractivity contribution in [3.05, 3.63) is 17.5 Å². The smallest absolute Gasteiger partial charge is 0.243 e. The lowest BCUT2D eigenvalue weighted by Gasteiger charge is -2.37. The van der Waals surface area contributed by atoms with E-state index in [0.717, 1.165) is 45.1 Å². The summed E-state index contributed by atoms with van der Waals surface area (Å²) in [7, 11) is 3.52. The van der Waals surface area contributed by atoms with Gasteiger partial charge in [-0.15, -0.1) is 35.3 Å². The molecule has 1 fully saturated rings. The molecule has 2 heterocycles. The third-order valence-corrected chi connectivity index (χ3v) is 4.72. The van der Waals surface area contributed by atoms with E-state index in [1.807, 2.05) is 0 Å². The van der Waals surface area contributed by atoms with Gasteiger partial charge in [-0.2, -0.15) is 0 Å². The molecule has 1 aromatic heterocycles. The van der Waals surface area contributed by atoms with Gasteiger partial charge in [0.15, 0.2) is 5.96 Å². The molecule has 0 bridgehead atoms. The van der Waals surface area contributed by atoms with Crippen molar-refractivity contribution in [2.24, 2.45) is 4.99 Å². The normalized spacial score (nSPS) is 15.0. The molecule has 0 radical (unpaired) electrons. The zero-order chi connectivity index (χ0) is 16.7. The lowest BCUT2D eigenvalue weighted by Crippen LogP contribution is -2.52. The number of likely N-dealkylation sites (N-methyl/N-ethyl adjacent to an activating group) is 1. The molecule has 1 saturated heterocycles. The van der Waals surface area contributed by atoms with E-state index < -0.39 is 0 Å².